The smallest absolute Gasteiger partial charge is 0.858 e. The van der Waals surface area contributed by atoms with Crippen molar-refractivity contribution in [2.24, 2.45) is 9.98 Å². The van der Waals surface area contributed by atoms with Crippen molar-refractivity contribution in [3.05, 3.63) is 96.1 Å². The molecule has 5 rings (SSSR count). The molecule has 0 unspecified atom stereocenters. The quantitative estimate of drug-likeness (QED) is 0.0636. The molecule has 0 spiro atoms. The van der Waals surface area contributed by atoms with Gasteiger partial charge in [-0.3, -0.25) is 19.1 Å². The van der Waals surface area contributed by atoms with Crippen LogP contribution in [0, 0.1) is 0 Å². The predicted octanol–water partition coefficient (Wildman–Crippen LogP) is -10.8. The van der Waals surface area contributed by atoms with Crippen molar-refractivity contribution >= 4 is 85.2 Å². The topological polar surface area (TPSA) is 294 Å². The van der Waals surface area contributed by atoms with Crippen LogP contribution in [0.3, 0.4) is 0 Å². The standard InChI is InChI=1S/C28H20N2O14S4.4Na/c31-27(29-19-10-12-21(45(33,34)35)17-6-2-8-23(25(17)19)47(39,40)41)15-4-1-5-16(14-15)28(32)30-20-11-13-22(46(36,37)38)18-7-3-9-24(26(18)20)48(42,43)44;;;;/h1-14H,(H,29,31)(H,30,32)(H,33,34,35)(H,36,37,38)(H,39,40,41)(H,42,43,44);;;;/q;4*+1/p-4. The number of benzene rings is 5. The third kappa shape index (κ3) is 10.7. The van der Waals surface area contributed by atoms with E-state index in [1.54, 1.807) is 0 Å². The Morgan fingerprint density at radius 2 is 0.808 bits per heavy atom. The molecule has 0 bridgehead atoms. The Morgan fingerprint density at radius 1 is 0.481 bits per heavy atom. The zero-order valence-corrected chi connectivity index (χ0v) is 38.7. The zero-order valence-electron chi connectivity index (χ0n) is 27.4. The van der Waals surface area contributed by atoms with Crippen molar-refractivity contribution < 1.29 is 180 Å². The summed E-state index contributed by atoms with van der Waals surface area (Å²) in [7, 11) is -20.4. The Morgan fingerprint density at radius 3 is 1.12 bits per heavy atom. The van der Waals surface area contributed by atoms with Gasteiger partial charge in [-0.15, -0.1) is 0 Å². The molecule has 0 fully saturated rings. The van der Waals surface area contributed by atoms with Gasteiger partial charge in [0.2, 0.25) is 0 Å². The maximum Gasteiger partial charge on any atom is 1.00 e. The molecule has 0 radical (unpaired) electrons. The first kappa shape index (κ1) is 49.2. The molecule has 0 aliphatic heterocycles. The molecule has 0 aromatic heterocycles. The molecule has 0 saturated carbocycles. The van der Waals surface area contributed by atoms with E-state index in [4.69, 9.17) is 0 Å². The average molecular weight is 825 g/mol. The third-order valence-corrected chi connectivity index (χ3v) is 10.4. The van der Waals surface area contributed by atoms with Gasteiger partial charge in [-0.25, -0.2) is 16.8 Å². The van der Waals surface area contributed by atoms with Gasteiger partial charge in [-0.1, -0.05) is 42.5 Å². The fourth-order valence-electron chi connectivity index (χ4n) is 4.84. The van der Waals surface area contributed by atoms with Gasteiger partial charge in [0.25, 0.3) is 20.2 Å². The van der Waals surface area contributed by atoms with E-state index in [1.807, 2.05) is 0 Å². The molecular formula is C28H16N2Na4O14S4. The normalized spacial score (nSPS) is 12.6. The Kier molecular flexibility index (Phi) is 17.4. The van der Waals surface area contributed by atoms with Crippen molar-refractivity contribution in [3.63, 3.8) is 0 Å². The van der Waals surface area contributed by atoms with Gasteiger partial charge < -0.3 is 19.3 Å². The summed E-state index contributed by atoms with van der Waals surface area (Å²) >= 11 is 0. The molecule has 0 heterocycles. The van der Waals surface area contributed by atoms with Gasteiger partial charge in [0.15, 0.2) is 0 Å². The van der Waals surface area contributed by atoms with Gasteiger partial charge in [-0.2, -0.15) is 16.8 Å². The van der Waals surface area contributed by atoms with Crippen LogP contribution in [0.4, 0.5) is 11.4 Å². The summed E-state index contributed by atoms with van der Waals surface area (Å²) < 4.78 is 139. The number of aliphatic imine (C=N–C) groups is 2. The molecule has 0 saturated heterocycles. The third-order valence-electron chi connectivity index (χ3n) is 6.78. The first-order chi connectivity index (χ1) is 22.2. The Balaban J connectivity index is 0.00000338. The largest absolute Gasteiger partial charge is 1.00 e. The second-order valence-electron chi connectivity index (χ2n) is 9.80. The first-order valence-electron chi connectivity index (χ1n) is 12.8. The molecule has 0 aliphatic rings. The van der Waals surface area contributed by atoms with Gasteiger partial charge in [0.1, 0.15) is 30.0 Å². The molecule has 0 amide bonds. The number of hydrogen-bond donors (Lipinski definition) is 2. The molecule has 2 N–H and O–H groups in total. The summed E-state index contributed by atoms with van der Waals surface area (Å²) in [6.45, 7) is 0. The second kappa shape index (κ2) is 18.4. The van der Waals surface area contributed by atoms with Crippen LogP contribution in [0.25, 0.3) is 21.5 Å². The van der Waals surface area contributed by atoms with E-state index < -0.39 is 105 Å². The number of hydrogen-bond acceptors (Lipinski definition) is 14. The van der Waals surface area contributed by atoms with Crippen LogP contribution in [0.5, 0.6) is 0 Å². The van der Waals surface area contributed by atoms with Gasteiger partial charge in [0.05, 0.1) is 21.2 Å². The van der Waals surface area contributed by atoms with Gasteiger partial charge in [0, 0.05) is 21.5 Å². The average Bonchev–Trinajstić information content (AvgIpc) is 2.98. The van der Waals surface area contributed by atoms with Crippen LogP contribution in [0.1, 0.15) is 11.1 Å². The maximum absolute atomic E-state index is 13.2. The summed E-state index contributed by atoms with van der Waals surface area (Å²) in [5.41, 5.74) is -1.53. The summed E-state index contributed by atoms with van der Waals surface area (Å²) in [5, 5.41) is 24.4. The molecule has 52 heavy (non-hydrogen) atoms. The minimum absolute atomic E-state index is 0. The van der Waals surface area contributed by atoms with Crippen LogP contribution in [-0.2, 0) is 40.5 Å². The predicted molar refractivity (Wildman–Crippen MR) is 162 cm³/mol. The molecule has 16 nitrogen and oxygen atoms in total. The summed E-state index contributed by atoms with van der Waals surface area (Å²) in [5.74, 6) is -2.23. The van der Waals surface area contributed by atoms with Crippen LogP contribution >= 0.6 is 0 Å². The van der Waals surface area contributed by atoms with Crippen LogP contribution < -0.4 is 128 Å². The van der Waals surface area contributed by atoms with E-state index in [0.717, 1.165) is 66.7 Å². The zero-order chi connectivity index (χ0) is 35.4. The molecular weight excluding hydrogens is 809 g/mol. The number of nitrogens with zero attached hydrogens (tertiary/aromatic N) is 2. The molecule has 24 heteroatoms. The summed E-state index contributed by atoms with van der Waals surface area (Å²) in [6.07, 6.45) is 0. The van der Waals surface area contributed by atoms with Crippen LogP contribution in [0.15, 0.2) is 114 Å². The molecule has 0 aliphatic carbocycles. The molecule has 5 aromatic carbocycles. The number of rotatable bonds is 8. The summed E-state index contributed by atoms with van der Waals surface area (Å²) in [4.78, 5) is 4.22. The van der Waals surface area contributed by atoms with Crippen molar-refractivity contribution in [2.75, 3.05) is 0 Å². The van der Waals surface area contributed by atoms with Crippen molar-refractivity contribution in [3.8, 4) is 0 Å². The van der Waals surface area contributed by atoms with Crippen molar-refractivity contribution in [1.82, 2.24) is 0 Å². The second-order valence-corrected chi connectivity index (χ2v) is 15.3. The molecule has 0 atom stereocenters. The number of fused-ring (bicyclic) bond motifs is 2. The van der Waals surface area contributed by atoms with Gasteiger partial charge >= 0.3 is 118 Å². The Bertz CT molecular complexity index is 2530. The van der Waals surface area contributed by atoms with E-state index in [2.05, 4.69) is 9.98 Å². The molecule has 250 valence electrons. The fraction of sp³-hybridized carbons (Fsp3) is 0. The van der Waals surface area contributed by atoms with Crippen molar-refractivity contribution in [2.45, 2.75) is 19.6 Å². The van der Waals surface area contributed by atoms with Crippen LogP contribution in [-0.4, -0.2) is 63.7 Å². The minimum atomic E-state index is -5.16. The van der Waals surface area contributed by atoms with E-state index in [9.17, 15) is 62.1 Å². The van der Waals surface area contributed by atoms with E-state index in [1.165, 1.54) is 18.2 Å². The monoisotopic (exact) mass is 824 g/mol. The SMILES string of the molecule is O=S(=O)([O-])c1ccc(N=C([O-])c2cccc(C([O-])=Nc3ccc(S(=O)(=O)[O-])c4cccc(S(=O)(=O)O)c34)c2)c2c(S(=O)(=O)O)cccc12.[Na+].[Na+].[Na+].[Na+]. The Hall–Kier alpha value is -0.800. The van der Waals surface area contributed by atoms with Gasteiger partial charge in [-0.05, 0) is 65.4 Å². The van der Waals surface area contributed by atoms with E-state index in [-0.39, 0.29) is 129 Å². The fourth-order valence-corrected chi connectivity index (χ4v) is 7.64. The van der Waals surface area contributed by atoms with Crippen LogP contribution in [0.2, 0.25) is 0 Å². The van der Waals surface area contributed by atoms with Crippen molar-refractivity contribution in [1.29, 1.82) is 0 Å². The molecule has 5 aromatic rings. The minimum Gasteiger partial charge on any atom is -0.858 e. The summed E-state index contributed by atoms with van der Waals surface area (Å²) in [6, 6.07) is 13.9. The Labute approximate surface area is 385 Å². The first-order valence-corrected chi connectivity index (χ1v) is 18.5. The maximum atomic E-state index is 13.2. The van der Waals surface area contributed by atoms with E-state index in [0.29, 0.717) is 0 Å². The van der Waals surface area contributed by atoms with E-state index >= 15 is 0 Å².